The summed E-state index contributed by atoms with van der Waals surface area (Å²) < 4.78 is 22.6. The molecule has 0 spiro atoms. The third-order valence-electron chi connectivity index (χ3n) is 5.92. The van der Waals surface area contributed by atoms with Crippen LogP contribution in [0.15, 0.2) is 66.7 Å². The van der Waals surface area contributed by atoms with E-state index >= 15 is 0 Å². The van der Waals surface area contributed by atoms with Crippen LogP contribution in [0.1, 0.15) is 30.9 Å². The predicted molar refractivity (Wildman–Crippen MR) is 138 cm³/mol. The molecule has 1 aliphatic rings. The molecule has 1 N–H and O–H groups in total. The monoisotopic (exact) mass is 489 g/mol. The Balaban J connectivity index is 1.44. The number of carbonyl (C=O) groups excluding carboxylic acids is 2. The fourth-order valence-corrected chi connectivity index (χ4v) is 4.22. The second kappa shape index (κ2) is 12.2. The summed E-state index contributed by atoms with van der Waals surface area (Å²) >= 11 is 0. The summed E-state index contributed by atoms with van der Waals surface area (Å²) in [5.74, 6) is 1.75. The maximum absolute atomic E-state index is 12.7. The van der Waals surface area contributed by atoms with Crippen LogP contribution < -0.4 is 14.8 Å². The zero-order chi connectivity index (χ0) is 25.3. The van der Waals surface area contributed by atoms with Crippen molar-refractivity contribution >= 4 is 22.8 Å². The Hall–Kier alpha value is -3.84. The van der Waals surface area contributed by atoms with Crippen molar-refractivity contribution in [2.75, 3.05) is 26.4 Å². The molecule has 0 heterocycles. The molecule has 0 bridgehead atoms. The third-order valence-corrected chi connectivity index (χ3v) is 5.92. The van der Waals surface area contributed by atoms with Crippen LogP contribution in [0.2, 0.25) is 0 Å². The summed E-state index contributed by atoms with van der Waals surface area (Å²) in [6.45, 7) is 6.01. The van der Waals surface area contributed by atoms with Gasteiger partial charge in [-0.25, -0.2) is 9.59 Å². The van der Waals surface area contributed by atoms with Crippen LogP contribution in [0.3, 0.4) is 0 Å². The minimum absolute atomic E-state index is 0.131. The van der Waals surface area contributed by atoms with E-state index in [1.165, 1.54) is 0 Å². The third kappa shape index (κ3) is 6.23. The maximum Gasteiger partial charge on any atom is 0.412 e. The van der Waals surface area contributed by atoms with Crippen molar-refractivity contribution in [3.05, 3.63) is 77.9 Å². The van der Waals surface area contributed by atoms with Crippen LogP contribution in [0, 0.1) is 0 Å². The van der Waals surface area contributed by atoms with Gasteiger partial charge >= 0.3 is 12.1 Å². The number of para-hydroxylation sites is 1. The predicted octanol–water partition coefficient (Wildman–Crippen LogP) is 5.74. The second-order valence-electron chi connectivity index (χ2n) is 8.63. The van der Waals surface area contributed by atoms with Gasteiger partial charge in [-0.1, -0.05) is 49.0 Å². The average molecular weight is 490 g/mol. The van der Waals surface area contributed by atoms with Crippen molar-refractivity contribution < 1.29 is 28.5 Å². The number of fused-ring (bicyclic) bond motifs is 2. The van der Waals surface area contributed by atoms with Gasteiger partial charge in [0.05, 0.1) is 13.2 Å². The molecule has 0 aliphatic heterocycles. The molecular formula is C29H31NO6. The number of esters is 1. The molecule has 0 unspecified atom stereocenters. The standard InChI is InChI=1S/C29H31NO6/c1-20(2)28(31)34-19-18-33-17-16-30-29(32)36-27-24-14-8-6-12-22(24)26(23-13-7-9-15-25(23)27)35-21-10-4-3-5-11-21/h3-6,8,10-12,14H,1,7,9,13,15-19H2,2H3,(H,30,32). The van der Waals surface area contributed by atoms with E-state index < -0.39 is 12.1 Å². The average Bonchev–Trinajstić information content (AvgIpc) is 2.90. The summed E-state index contributed by atoms with van der Waals surface area (Å²) in [6, 6.07) is 17.6. The molecule has 0 saturated heterocycles. The van der Waals surface area contributed by atoms with Crippen LogP contribution in [0.4, 0.5) is 4.79 Å². The van der Waals surface area contributed by atoms with Crippen molar-refractivity contribution in [1.82, 2.24) is 5.32 Å². The molecule has 7 heteroatoms. The molecule has 3 aromatic rings. The van der Waals surface area contributed by atoms with E-state index in [0.29, 0.717) is 11.3 Å². The molecule has 0 aromatic heterocycles. The van der Waals surface area contributed by atoms with Crippen LogP contribution in [0.25, 0.3) is 10.8 Å². The van der Waals surface area contributed by atoms with E-state index in [0.717, 1.165) is 59.1 Å². The number of hydrogen-bond donors (Lipinski definition) is 1. The molecule has 4 rings (SSSR count). The van der Waals surface area contributed by atoms with Crippen LogP contribution in [-0.2, 0) is 27.1 Å². The first kappa shape index (κ1) is 25.3. The molecule has 1 aliphatic carbocycles. The molecule has 0 radical (unpaired) electrons. The van der Waals surface area contributed by atoms with Gasteiger partial charge in [0.15, 0.2) is 0 Å². The lowest BCUT2D eigenvalue weighted by Gasteiger charge is -2.25. The van der Waals surface area contributed by atoms with Gasteiger partial charge in [-0.05, 0) is 44.7 Å². The fraction of sp³-hybridized carbons (Fsp3) is 0.310. The van der Waals surface area contributed by atoms with Crippen molar-refractivity contribution in [3.8, 4) is 17.2 Å². The van der Waals surface area contributed by atoms with Gasteiger partial charge in [0, 0.05) is 34.0 Å². The number of rotatable bonds is 10. The van der Waals surface area contributed by atoms with Gasteiger partial charge < -0.3 is 24.3 Å². The number of nitrogens with one attached hydrogen (secondary N) is 1. The Bertz CT molecular complexity index is 1240. The van der Waals surface area contributed by atoms with Gasteiger partial charge in [0.25, 0.3) is 0 Å². The minimum Gasteiger partial charge on any atom is -0.460 e. The van der Waals surface area contributed by atoms with Crippen LogP contribution in [-0.4, -0.2) is 38.4 Å². The first-order valence-corrected chi connectivity index (χ1v) is 12.2. The molecule has 188 valence electrons. The summed E-state index contributed by atoms with van der Waals surface area (Å²) in [6.07, 6.45) is 3.23. The zero-order valence-corrected chi connectivity index (χ0v) is 20.5. The van der Waals surface area contributed by atoms with E-state index in [9.17, 15) is 9.59 Å². The van der Waals surface area contributed by atoms with Crippen LogP contribution >= 0.6 is 0 Å². The Morgan fingerprint density at radius 1 is 0.861 bits per heavy atom. The summed E-state index contributed by atoms with van der Waals surface area (Å²) in [4.78, 5) is 24.0. The maximum atomic E-state index is 12.7. The summed E-state index contributed by atoms with van der Waals surface area (Å²) in [7, 11) is 0. The smallest absolute Gasteiger partial charge is 0.412 e. The lowest BCUT2D eigenvalue weighted by molar-refractivity contribution is -0.140. The van der Waals surface area contributed by atoms with Crippen molar-refractivity contribution in [2.24, 2.45) is 0 Å². The highest BCUT2D eigenvalue weighted by Crippen LogP contribution is 2.45. The summed E-state index contributed by atoms with van der Waals surface area (Å²) in [5, 5.41) is 4.49. The molecule has 0 saturated carbocycles. The highest BCUT2D eigenvalue weighted by Gasteiger charge is 2.25. The van der Waals surface area contributed by atoms with E-state index in [1.807, 2.05) is 54.6 Å². The SMILES string of the molecule is C=C(C)C(=O)OCCOCCNC(=O)Oc1c2c(c(Oc3ccccc3)c3ccccc13)CCCC2. The Kier molecular flexibility index (Phi) is 8.57. The number of hydrogen-bond acceptors (Lipinski definition) is 6. The van der Waals surface area contributed by atoms with E-state index in [4.69, 9.17) is 18.9 Å². The van der Waals surface area contributed by atoms with Gasteiger partial charge in [-0.3, -0.25) is 0 Å². The molecule has 0 fully saturated rings. The van der Waals surface area contributed by atoms with Crippen molar-refractivity contribution in [3.63, 3.8) is 0 Å². The molecular weight excluding hydrogens is 458 g/mol. The van der Waals surface area contributed by atoms with Gasteiger partial charge in [-0.15, -0.1) is 0 Å². The quantitative estimate of drug-likeness (QED) is 0.222. The molecule has 7 nitrogen and oxygen atoms in total. The highest BCUT2D eigenvalue weighted by molar-refractivity contribution is 5.97. The lowest BCUT2D eigenvalue weighted by atomic mass is 9.87. The van der Waals surface area contributed by atoms with E-state index in [2.05, 4.69) is 11.9 Å². The number of benzene rings is 3. The number of ether oxygens (including phenoxy) is 4. The van der Waals surface area contributed by atoms with Crippen molar-refractivity contribution in [1.29, 1.82) is 0 Å². The molecule has 0 atom stereocenters. The Morgan fingerprint density at radius 2 is 1.50 bits per heavy atom. The zero-order valence-electron chi connectivity index (χ0n) is 20.5. The second-order valence-corrected chi connectivity index (χ2v) is 8.63. The van der Waals surface area contributed by atoms with Gasteiger partial charge in [-0.2, -0.15) is 0 Å². The first-order valence-electron chi connectivity index (χ1n) is 12.2. The normalized spacial score (nSPS) is 12.5. The Morgan fingerprint density at radius 3 is 2.19 bits per heavy atom. The largest absolute Gasteiger partial charge is 0.460 e. The number of amides is 1. The highest BCUT2D eigenvalue weighted by atomic mass is 16.6. The lowest BCUT2D eigenvalue weighted by Crippen LogP contribution is -2.31. The summed E-state index contributed by atoms with van der Waals surface area (Å²) in [5.41, 5.74) is 2.46. The number of carbonyl (C=O) groups is 2. The molecule has 3 aromatic carbocycles. The van der Waals surface area contributed by atoms with Crippen LogP contribution in [0.5, 0.6) is 17.2 Å². The van der Waals surface area contributed by atoms with Crippen molar-refractivity contribution in [2.45, 2.75) is 32.6 Å². The van der Waals surface area contributed by atoms with Gasteiger partial charge in [0.1, 0.15) is 23.9 Å². The molecule has 36 heavy (non-hydrogen) atoms. The first-order chi connectivity index (χ1) is 17.5. The van der Waals surface area contributed by atoms with E-state index in [-0.39, 0.29) is 26.4 Å². The Labute approximate surface area is 211 Å². The van der Waals surface area contributed by atoms with Gasteiger partial charge in [0.2, 0.25) is 0 Å². The minimum atomic E-state index is -0.540. The fourth-order valence-electron chi connectivity index (χ4n) is 4.22. The topological polar surface area (TPSA) is 83.1 Å². The molecule has 1 amide bonds. The van der Waals surface area contributed by atoms with E-state index in [1.54, 1.807) is 6.92 Å².